The number of hydrogen-bond donors (Lipinski definition) is 5. The lowest BCUT2D eigenvalue weighted by Crippen LogP contribution is -2.31. The first-order chi connectivity index (χ1) is 13.5. The highest BCUT2D eigenvalue weighted by atomic mass is 31.2. The van der Waals surface area contributed by atoms with Crippen molar-refractivity contribution in [3.63, 3.8) is 0 Å². The van der Waals surface area contributed by atoms with Crippen molar-refractivity contribution in [3.05, 3.63) is 84.4 Å². The summed E-state index contributed by atoms with van der Waals surface area (Å²) < 4.78 is 23.0. The quantitative estimate of drug-likeness (QED) is 0.374. The summed E-state index contributed by atoms with van der Waals surface area (Å²) in [5.74, 6) is 0. The summed E-state index contributed by atoms with van der Waals surface area (Å²) in [7, 11) is -11.0. The molecule has 0 atom stereocenters. The van der Waals surface area contributed by atoms with Gasteiger partial charge in [-0.1, -0.05) is 72.8 Å². The Labute approximate surface area is 167 Å². The molecule has 0 aliphatic rings. The van der Waals surface area contributed by atoms with Gasteiger partial charge in [0.25, 0.3) is 5.08 Å². The molecule has 0 amide bonds. The molecule has 0 heterocycles. The van der Waals surface area contributed by atoms with Crippen molar-refractivity contribution in [2.45, 2.75) is 11.5 Å². The Bertz CT molecular complexity index is 1060. The van der Waals surface area contributed by atoms with Crippen LogP contribution in [0.5, 0.6) is 0 Å². The van der Waals surface area contributed by atoms with Gasteiger partial charge in [0.05, 0.1) is 0 Å². The highest BCUT2D eigenvalue weighted by molar-refractivity contribution is 7.72. The first kappa shape index (κ1) is 21.6. The average Bonchev–Trinajstić information content (AvgIpc) is 2.67. The fraction of sp³-hybridized carbons (Fsp3) is 0.100. The van der Waals surface area contributed by atoms with Crippen LogP contribution in [0.3, 0.4) is 0 Å². The maximum atomic E-state index is 11.5. The van der Waals surface area contributed by atoms with E-state index in [4.69, 9.17) is 0 Å². The number of benzene rings is 3. The zero-order valence-corrected chi connectivity index (χ0v) is 16.9. The lowest BCUT2D eigenvalue weighted by atomic mass is 9.98. The Morgan fingerprint density at radius 1 is 0.621 bits per heavy atom. The van der Waals surface area contributed by atoms with E-state index < -0.39 is 26.7 Å². The van der Waals surface area contributed by atoms with E-state index in [0.29, 0.717) is 0 Å². The van der Waals surface area contributed by atoms with Crippen LogP contribution in [-0.2, 0) is 15.6 Å². The highest BCUT2D eigenvalue weighted by Crippen LogP contribution is 2.68. The summed E-state index contributed by atoms with van der Waals surface area (Å²) >= 11 is 0. The Hall–Kier alpha value is -2.08. The molecule has 0 aliphatic heterocycles. The SMILES string of the molecule is O=P(O)(O)C(O)(Cc1ccc(-c2cccc(-c3ccccc3)c2)cc1)P(=O)(O)O. The third kappa shape index (κ3) is 4.58. The predicted octanol–water partition coefficient (Wildman–Crippen LogP) is 3.56. The van der Waals surface area contributed by atoms with Crippen molar-refractivity contribution in [1.29, 1.82) is 0 Å². The van der Waals surface area contributed by atoms with Gasteiger partial charge in [0.15, 0.2) is 0 Å². The standard InChI is InChI=1S/C20H20O7P2/c21-20(28(22,23)24,29(25,26)27)14-15-9-11-17(12-10-15)19-8-4-7-18(13-19)16-5-2-1-3-6-16/h1-13,21H,14H2,(H2,22,23,24)(H2,25,26,27). The minimum Gasteiger partial charge on any atom is -0.367 e. The van der Waals surface area contributed by atoms with Crippen molar-refractivity contribution in [2.75, 3.05) is 0 Å². The molecule has 0 aromatic heterocycles. The van der Waals surface area contributed by atoms with Crippen molar-refractivity contribution in [3.8, 4) is 22.3 Å². The molecule has 9 heteroatoms. The van der Waals surface area contributed by atoms with Crippen LogP contribution in [-0.4, -0.2) is 29.8 Å². The molecule has 0 aliphatic carbocycles. The van der Waals surface area contributed by atoms with Gasteiger partial charge in [-0.05, 0) is 33.9 Å². The third-order valence-electron chi connectivity index (χ3n) is 4.63. The Morgan fingerprint density at radius 2 is 1.07 bits per heavy atom. The summed E-state index contributed by atoms with van der Waals surface area (Å²) in [6.45, 7) is 0. The number of aliphatic hydroxyl groups is 1. The Balaban J connectivity index is 1.90. The second-order valence-corrected chi connectivity index (χ2v) is 10.7. The molecule has 152 valence electrons. The molecular formula is C20H20O7P2. The van der Waals surface area contributed by atoms with Gasteiger partial charge in [0.1, 0.15) is 0 Å². The van der Waals surface area contributed by atoms with Gasteiger partial charge in [-0.15, -0.1) is 0 Å². The molecule has 0 fully saturated rings. The third-order valence-corrected chi connectivity index (χ3v) is 8.38. The first-order valence-corrected chi connectivity index (χ1v) is 11.8. The van der Waals surface area contributed by atoms with Crippen LogP contribution >= 0.6 is 15.2 Å². The summed E-state index contributed by atoms with van der Waals surface area (Å²) in [5.41, 5.74) is 3.96. The van der Waals surface area contributed by atoms with Crippen LogP contribution in [0.15, 0.2) is 78.9 Å². The van der Waals surface area contributed by atoms with Gasteiger partial charge in [-0.3, -0.25) is 9.13 Å². The van der Waals surface area contributed by atoms with Crippen LogP contribution in [0.25, 0.3) is 22.3 Å². The summed E-state index contributed by atoms with van der Waals surface area (Å²) in [5, 5.41) is 6.60. The van der Waals surface area contributed by atoms with E-state index in [1.54, 1.807) is 12.1 Å². The molecule has 5 N–H and O–H groups in total. The summed E-state index contributed by atoms with van der Waals surface area (Å²) in [4.78, 5) is 37.1. The topological polar surface area (TPSA) is 135 Å². The second kappa shape index (κ2) is 7.98. The Morgan fingerprint density at radius 3 is 1.55 bits per heavy atom. The van der Waals surface area contributed by atoms with Gasteiger partial charge >= 0.3 is 15.2 Å². The lowest BCUT2D eigenvalue weighted by molar-refractivity contribution is 0.131. The van der Waals surface area contributed by atoms with E-state index in [0.717, 1.165) is 22.3 Å². The normalized spacial score (nSPS) is 12.7. The van der Waals surface area contributed by atoms with Gasteiger partial charge < -0.3 is 24.7 Å². The summed E-state index contributed by atoms with van der Waals surface area (Å²) in [6, 6.07) is 23.9. The van der Waals surface area contributed by atoms with E-state index in [2.05, 4.69) is 0 Å². The molecule has 7 nitrogen and oxygen atoms in total. The van der Waals surface area contributed by atoms with Gasteiger partial charge in [0, 0.05) is 6.42 Å². The van der Waals surface area contributed by atoms with Crippen LogP contribution in [0.4, 0.5) is 0 Å². The molecule has 0 spiro atoms. The molecule has 3 aromatic rings. The van der Waals surface area contributed by atoms with Crippen molar-refractivity contribution in [2.24, 2.45) is 0 Å². The molecule has 0 saturated carbocycles. The van der Waals surface area contributed by atoms with E-state index in [1.165, 1.54) is 12.1 Å². The maximum absolute atomic E-state index is 11.5. The van der Waals surface area contributed by atoms with Gasteiger partial charge in [-0.25, -0.2) is 0 Å². The van der Waals surface area contributed by atoms with E-state index >= 15 is 0 Å². The average molecular weight is 434 g/mol. The number of rotatable bonds is 6. The Kier molecular flexibility index (Phi) is 5.95. The molecule has 0 bridgehead atoms. The zero-order chi connectivity index (χ0) is 21.3. The van der Waals surface area contributed by atoms with Gasteiger partial charge in [0.2, 0.25) is 0 Å². The minimum atomic E-state index is -5.49. The monoisotopic (exact) mass is 434 g/mol. The highest BCUT2D eigenvalue weighted by Gasteiger charge is 2.59. The van der Waals surface area contributed by atoms with Crippen LogP contribution < -0.4 is 0 Å². The van der Waals surface area contributed by atoms with Gasteiger partial charge in [-0.2, -0.15) is 0 Å². The van der Waals surface area contributed by atoms with Crippen LogP contribution in [0.2, 0.25) is 0 Å². The maximum Gasteiger partial charge on any atom is 0.369 e. The van der Waals surface area contributed by atoms with Crippen molar-refractivity contribution in [1.82, 2.24) is 0 Å². The fourth-order valence-corrected chi connectivity index (χ4v) is 5.11. The van der Waals surface area contributed by atoms with Crippen LogP contribution in [0, 0.1) is 0 Å². The second-order valence-electron chi connectivity index (χ2n) is 6.68. The van der Waals surface area contributed by atoms with Crippen molar-refractivity contribution < 1.29 is 33.8 Å². The van der Waals surface area contributed by atoms with E-state index in [-0.39, 0.29) is 5.56 Å². The molecule has 0 saturated heterocycles. The molecule has 3 rings (SSSR count). The molecule has 3 aromatic carbocycles. The van der Waals surface area contributed by atoms with Crippen LogP contribution in [0.1, 0.15) is 5.56 Å². The minimum absolute atomic E-state index is 0.183. The molecule has 0 radical (unpaired) electrons. The number of hydrogen-bond acceptors (Lipinski definition) is 3. The van der Waals surface area contributed by atoms with E-state index in [1.807, 2.05) is 54.6 Å². The molecule has 29 heavy (non-hydrogen) atoms. The zero-order valence-electron chi connectivity index (χ0n) is 15.2. The first-order valence-electron chi connectivity index (χ1n) is 8.60. The smallest absolute Gasteiger partial charge is 0.367 e. The lowest BCUT2D eigenvalue weighted by Gasteiger charge is -2.29. The molecular weight excluding hydrogens is 414 g/mol. The van der Waals surface area contributed by atoms with Crippen molar-refractivity contribution >= 4 is 15.2 Å². The fourth-order valence-electron chi connectivity index (χ4n) is 2.97. The molecule has 0 unspecified atom stereocenters. The largest absolute Gasteiger partial charge is 0.369 e. The summed E-state index contributed by atoms with van der Waals surface area (Å²) in [6.07, 6.45) is -0.883. The van der Waals surface area contributed by atoms with E-state index in [9.17, 15) is 33.8 Å². The predicted molar refractivity (Wildman–Crippen MR) is 110 cm³/mol.